The minimum absolute atomic E-state index is 0.00835. The van der Waals surface area contributed by atoms with Gasteiger partial charge in [0.15, 0.2) is 0 Å². The molecule has 1 saturated carbocycles. The summed E-state index contributed by atoms with van der Waals surface area (Å²) in [6.45, 7) is 0.554. The Bertz CT molecular complexity index is 859. The molecule has 0 spiro atoms. The molecule has 0 radical (unpaired) electrons. The third kappa shape index (κ3) is 3.60. The van der Waals surface area contributed by atoms with Crippen LogP contribution in [0.1, 0.15) is 35.2 Å². The van der Waals surface area contributed by atoms with Crippen molar-refractivity contribution in [3.8, 4) is 0 Å². The van der Waals surface area contributed by atoms with Crippen LogP contribution in [0.2, 0.25) is 0 Å². The van der Waals surface area contributed by atoms with Crippen molar-refractivity contribution in [1.82, 2.24) is 10.0 Å². The normalized spacial score (nSPS) is 16.0. The number of sulfonamides is 1. The zero-order valence-electron chi connectivity index (χ0n) is 14.2. The van der Waals surface area contributed by atoms with Crippen LogP contribution in [0.5, 0.6) is 0 Å². The van der Waals surface area contributed by atoms with E-state index in [1.54, 1.807) is 12.1 Å². The molecule has 0 atom stereocenters. The highest BCUT2D eigenvalue weighted by Gasteiger charge is 2.38. The molecular formula is C19H22N2O3S. The molecule has 0 bridgehead atoms. The number of hydrogen-bond acceptors (Lipinski definition) is 3. The molecule has 1 aliphatic rings. The van der Waals surface area contributed by atoms with Crippen LogP contribution in [0, 0.1) is 0 Å². The lowest BCUT2D eigenvalue weighted by molar-refractivity contribution is 0.0927. The van der Waals surface area contributed by atoms with Crippen molar-refractivity contribution in [2.45, 2.75) is 29.6 Å². The summed E-state index contributed by atoms with van der Waals surface area (Å²) in [6, 6.07) is 16.3. The van der Waals surface area contributed by atoms with Crippen LogP contribution in [0.15, 0.2) is 59.5 Å². The van der Waals surface area contributed by atoms with Gasteiger partial charge in [0.05, 0.1) is 4.90 Å². The predicted octanol–water partition coefficient (Wildman–Crippen LogP) is 2.45. The minimum atomic E-state index is -3.56. The lowest BCUT2D eigenvalue weighted by atomic mass is 9.64. The van der Waals surface area contributed by atoms with E-state index >= 15 is 0 Å². The molecule has 1 fully saturated rings. The van der Waals surface area contributed by atoms with Crippen molar-refractivity contribution >= 4 is 15.9 Å². The number of carbonyl (C=O) groups excluding carboxylic acids is 1. The molecule has 5 nitrogen and oxygen atoms in total. The number of amides is 1. The van der Waals surface area contributed by atoms with Crippen molar-refractivity contribution in [1.29, 1.82) is 0 Å². The molecule has 1 amide bonds. The first-order valence-electron chi connectivity index (χ1n) is 8.34. The third-order valence-electron chi connectivity index (χ3n) is 4.96. The summed E-state index contributed by atoms with van der Waals surface area (Å²) in [6.07, 6.45) is 3.25. The van der Waals surface area contributed by atoms with Crippen LogP contribution in [0.4, 0.5) is 0 Å². The van der Waals surface area contributed by atoms with Gasteiger partial charge in [0.25, 0.3) is 5.91 Å². The maximum absolute atomic E-state index is 12.5. The number of carbonyl (C=O) groups is 1. The van der Waals surface area contributed by atoms with E-state index in [1.165, 1.54) is 24.7 Å². The zero-order valence-corrected chi connectivity index (χ0v) is 15.0. The Balaban J connectivity index is 1.74. The van der Waals surface area contributed by atoms with Gasteiger partial charge in [-0.05, 0) is 43.7 Å². The summed E-state index contributed by atoms with van der Waals surface area (Å²) < 4.78 is 26.0. The second-order valence-corrected chi connectivity index (χ2v) is 8.30. The monoisotopic (exact) mass is 358 g/mol. The molecular weight excluding hydrogens is 336 g/mol. The lowest BCUT2D eigenvalue weighted by Crippen LogP contribution is -2.45. The van der Waals surface area contributed by atoms with E-state index in [9.17, 15) is 13.2 Å². The second kappa shape index (κ2) is 6.98. The van der Waals surface area contributed by atoms with Gasteiger partial charge in [-0.3, -0.25) is 4.79 Å². The summed E-state index contributed by atoms with van der Waals surface area (Å²) in [7, 11) is -2.21. The zero-order chi connectivity index (χ0) is 17.9. The molecule has 25 heavy (non-hydrogen) atoms. The molecule has 2 N–H and O–H groups in total. The van der Waals surface area contributed by atoms with Gasteiger partial charge in [-0.2, -0.15) is 0 Å². The SMILES string of the molecule is CNS(=O)(=O)c1cccc(C(=O)NCC2(c3ccccc3)CCC2)c1. The topological polar surface area (TPSA) is 75.3 Å². The lowest BCUT2D eigenvalue weighted by Gasteiger charge is -2.42. The number of nitrogens with one attached hydrogen (secondary N) is 2. The molecule has 0 heterocycles. The molecule has 0 unspecified atom stereocenters. The fraction of sp³-hybridized carbons (Fsp3) is 0.316. The Kier molecular flexibility index (Phi) is 4.92. The van der Waals surface area contributed by atoms with Crippen LogP contribution in [-0.4, -0.2) is 27.9 Å². The minimum Gasteiger partial charge on any atom is -0.351 e. The maximum atomic E-state index is 12.5. The van der Waals surface area contributed by atoms with Crippen LogP contribution in [0.25, 0.3) is 0 Å². The van der Waals surface area contributed by atoms with Gasteiger partial charge in [-0.1, -0.05) is 42.8 Å². The fourth-order valence-electron chi connectivity index (χ4n) is 3.24. The van der Waals surface area contributed by atoms with E-state index in [4.69, 9.17) is 0 Å². The summed E-state index contributed by atoms with van der Waals surface area (Å²) in [5, 5.41) is 2.98. The van der Waals surface area contributed by atoms with Crippen molar-refractivity contribution < 1.29 is 13.2 Å². The maximum Gasteiger partial charge on any atom is 0.251 e. The first-order valence-corrected chi connectivity index (χ1v) is 9.83. The number of rotatable bonds is 6. The molecule has 0 aromatic heterocycles. The molecule has 3 rings (SSSR count). The van der Waals surface area contributed by atoms with Gasteiger partial charge < -0.3 is 5.32 Å². The Morgan fingerprint density at radius 1 is 1.08 bits per heavy atom. The van der Waals surface area contributed by atoms with Crippen LogP contribution < -0.4 is 10.0 Å². The second-order valence-electron chi connectivity index (χ2n) is 6.42. The summed E-state index contributed by atoms with van der Waals surface area (Å²) in [5.74, 6) is -0.254. The molecule has 6 heteroatoms. The van der Waals surface area contributed by atoms with E-state index < -0.39 is 10.0 Å². The van der Waals surface area contributed by atoms with Gasteiger partial charge >= 0.3 is 0 Å². The van der Waals surface area contributed by atoms with Gasteiger partial charge in [0.1, 0.15) is 0 Å². The van der Waals surface area contributed by atoms with Crippen LogP contribution in [0.3, 0.4) is 0 Å². The molecule has 2 aromatic carbocycles. The average Bonchev–Trinajstić information content (AvgIpc) is 2.61. The molecule has 0 aliphatic heterocycles. The standard InChI is InChI=1S/C19H22N2O3S/c1-20-25(23,24)17-10-5-7-15(13-17)18(22)21-14-19(11-6-12-19)16-8-3-2-4-9-16/h2-5,7-10,13,20H,6,11-12,14H2,1H3,(H,21,22). The quantitative estimate of drug-likeness (QED) is 0.833. The highest BCUT2D eigenvalue weighted by molar-refractivity contribution is 7.89. The highest BCUT2D eigenvalue weighted by Crippen LogP contribution is 2.43. The number of benzene rings is 2. The fourth-order valence-corrected chi connectivity index (χ4v) is 4.01. The van der Waals surface area contributed by atoms with Gasteiger partial charge in [-0.15, -0.1) is 0 Å². The van der Waals surface area contributed by atoms with Crippen molar-refractivity contribution in [3.05, 3.63) is 65.7 Å². The smallest absolute Gasteiger partial charge is 0.251 e. The highest BCUT2D eigenvalue weighted by atomic mass is 32.2. The van der Waals surface area contributed by atoms with E-state index in [2.05, 4.69) is 22.2 Å². The van der Waals surface area contributed by atoms with Gasteiger partial charge in [0, 0.05) is 17.5 Å². The Hall–Kier alpha value is -2.18. The van der Waals surface area contributed by atoms with Crippen LogP contribution >= 0.6 is 0 Å². The first kappa shape index (κ1) is 17.6. The third-order valence-corrected chi connectivity index (χ3v) is 6.37. The van der Waals surface area contributed by atoms with Crippen molar-refractivity contribution in [2.75, 3.05) is 13.6 Å². The largest absolute Gasteiger partial charge is 0.351 e. The molecule has 0 saturated heterocycles. The van der Waals surface area contributed by atoms with E-state index in [0.29, 0.717) is 12.1 Å². The van der Waals surface area contributed by atoms with E-state index in [-0.39, 0.29) is 16.2 Å². The molecule has 1 aliphatic carbocycles. The average molecular weight is 358 g/mol. The Morgan fingerprint density at radius 3 is 2.40 bits per heavy atom. The van der Waals surface area contributed by atoms with Crippen molar-refractivity contribution in [3.63, 3.8) is 0 Å². The van der Waals surface area contributed by atoms with Crippen LogP contribution in [-0.2, 0) is 15.4 Å². The Labute approximate surface area is 148 Å². The molecule has 132 valence electrons. The first-order chi connectivity index (χ1) is 12.0. The van der Waals surface area contributed by atoms with Gasteiger partial charge in [-0.25, -0.2) is 13.1 Å². The number of hydrogen-bond donors (Lipinski definition) is 2. The summed E-state index contributed by atoms with van der Waals surface area (Å²) in [4.78, 5) is 12.6. The predicted molar refractivity (Wildman–Crippen MR) is 97.0 cm³/mol. The summed E-state index contributed by atoms with van der Waals surface area (Å²) >= 11 is 0. The van der Waals surface area contributed by atoms with Crippen molar-refractivity contribution in [2.24, 2.45) is 0 Å². The Morgan fingerprint density at radius 2 is 1.80 bits per heavy atom. The molecule has 2 aromatic rings. The van der Waals surface area contributed by atoms with E-state index in [0.717, 1.165) is 19.3 Å². The summed E-state index contributed by atoms with van der Waals surface area (Å²) in [5.41, 5.74) is 1.58. The van der Waals surface area contributed by atoms with E-state index in [1.807, 2.05) is 18.2 Å². The van der Waals surface area contributed by atoms with Gasteiger partial charge in [0.2, 0.25) is 10.0 Å².